The van der Waals surface area contributed by atoms with Gasteiger partial charge in [0.05, 0.1) is 0 Å². The highest BCUT2D eigenvalue weighted by molar-refractivity contribution is 6.17. The van der Waals surface area contributed by atoms with Gasteiger partial charge in [0, 0.05) is 24.1 Å². The molecule has 2 atom stereocenters. The number of fused-ring (bicyclic) bond motifs is 1. The molecule has 5 heteroatoms. The molecule has 0 spiro atoms. The maximum atomic E-state index is 12.5. The second kappa shape index (κ2) is 4.74. The molecule has 1 aromatic rings. The summed E-state index contributed by atoms with van der Waals surface area (Å²) in [5.41, 5.74) is 0.361. The van der Waals surface area contributed by atoms with Crippen LogP contribution in [-0.2, 0) is 4.79 Å². The highest BCUT2D eigenvalue weighted by Gasteiger charge is 2.46. The number of amides is 4. The summed E-state index contributed by atoms with van der Waals surface area (Å²) in [6, 6.07) is 8.03. The largest absolute Gasteiger partial charge is 0.334 e. The summed E-state index contributed by atoms with van der Waals surface area (Å²) in [4.78, 5) is 39.4. The van der Waals surface area contributed by atoms with E-state index in [-0.39, 0.29) is 24.4 Å². The molecule has 0 unspecified atom stereocenters. The Bertz CT molecular complexity index is 570. The molecule has 2 aliphatic rings. The fourth-order valence-corrected chi connectivity index (χ4v) is 3.04. The summed E-state index contributed by atoms with van der Waals surface area (Å²) >= 11 is 0. The van der Waals surface area contributed by atoms with Gasteiger partial charge in [0.25, 0.3) is 5.91 Å². The Labute approximate surface area is 117 Å². The van der Waals surface area contributed by atoms with Gasteiger partial charge in [-0.2, -0.15) is 4.90 Å². The Morgan fingerprint density at radius 1 is 1.15 bits per heavy atom. The van der Waals surface area contributed by atoms with E-state index < -0.39 is 11.9 Å². The number of urea groups is 1. The summed E-state index contributed by atoms with van der Waals surface area (Å²) in [6.45, 7) is 1.96. The van der Waals surface area contributed by atoms with Crippen LogP contribution in [0.3, 0.4) is 0 Å². The Morgan fingerprint density at radius 2 is 1.85 bits per heavy atom. The monoisotopic (exact) mass is 272 g/mol. The number of imide groups is 3. The minimum absolute atomic E-state index is 0.0372. The van der Waals surface area contributed by atoms with Crippen LogP contribution in [0.2, 0.25) is 0 Å². The molecular weight excluding hydrogens is 256 g/mol. The van der Waals surface area contributed by atoms with E-state index in [0.717, 1.165) is 17.7 Å². The fourth-order valence-electron chi connectivity index (χ4n) is 3.04. The molecule has 104 valence electrons. The molecule has 2 fully saturated rings. The zero-order valence-electron chi connectivity index (χ0n) is 11.3. The predicted molar refractivity (Wildman–Crippen MR) is 72.0 cm³/mol. The molecular formula is C15H16N2O3. The van der Waals surface area contributed by atoms with Crippen molar-refractivity contribution in [3.05, 3.63) is 35.9 Å². The quantitative estimate of drug-likeness (QED) is 0.735. The number of benzene rings is 1. The van der Waals surface area contributed by atoms with Gasteiger partial charge in [0.2, 0.25) is 5.91 Å². The molecule has 2 saturated heterocycles. The van der Waals surface area contributed by atoms with Crippen molar-refractivity contribution in [3.8, 4) is 0 Å². The van der Waals surface area contributed by atoms with E-state index in [2.05, 4.69) is 0 Å². The molecule has 0 radical (unpaired) electrons. The lowest BCUT2D eigenvalue weighted by Crippen LogP contribution is -2.58. The van der Waals surface area contributed by atoms with Crippen LogP contribution in [0.1, 0.15) is 36.5 Å². The minimum Gasteiger partial charge on any atom is -0.318 e. The first-order valence-electron chi connectivity index (χ1n) is 6.84. The number of carbonyl (C=O) groups is 3. The molecule has 3 rings (SSSR count). The van der Waals surface area contributed by atoms with E-state index >= 15 is 0 Å². The molecule has 1 aromatic carbocycles. The van der Waals surface area contributed by atoms with Crippen LogP contribution < -0.4 is 0 Å². The molecule has 0 bridgehead atoms. The third-order valence-corrected chi connectivity index (χ3v) is 4.08. The first kappa shape index (κ1) is 12.8. The lowest BCUT2D eigenvalue weighted by molar-refractivity contribution is -0.129. The smallest absolute Gasteiger partial charge is 0.318 e. The van der Waals surface area contributed by atoms with Crippen LogP contribution in [0.4, 0.5) is 4.79 Å². The summed E-state index contributed by atoms with van der Waals surface area (Å²) in [7, 11) is 0. The van der Waals surface area contributed by atoms with Crippen molar-refractivity contribution in [3.63, 3.8) is 0 Å². The van der Waals surface area contributed by atoms with Crippen LogP contribution in [0.5, 0.6) is 0 Å². The Kier molecular flexibility index (Phi) is 3.04. The topological polar surface area (TPSA) is 57.7 Å². The van der Waals surface area contributed by atoms with Gasteiger partial charge in [0.15, 0.2) is 0 Å². The lowest BCUT2D eigenvalue weighted by atomic mass is 10.1. The van der Waals surface area contributed by atoms with E-state index in [1.54, 1.807) is 35.2 Å². The number of rotatable bonds is 1. The molecule has 0 N–H and O–H groups in total. The van der Waals surface area contributed by atoms with Gasteiger partial charge in [-0.1, -0.05) is 18.2 Å². The van der Waals surface area contributed by atoms with Gasteiger partial charge in [-0.05, 0) is 31.9 Å². The van der Waals surface area contributed by atoms with Gasteiger partial charge >= 0.3 is 6.03 Å². The standard InChI is InChI=1S/C15H16N2O3/c1-10-7-8-12-9-13(18)17(15(20)16(10)12)14(19)11-5-3-2-4-6-11/h2-6,10,12H,7-9H2,1H3/t10-,12+/m1/s1. The van der Waals surface area contributed by atoms with Crippen LogP contribution in [0.15, 0.2) is 30.3 Å². The van der Waals surface area contributed by atoms with Gasteiger partial charge in [0.1, 0.15) is 0 Å². The minimum atomic E-state index is -0.529. The third-order valence-electron chi connectivity index (χ3n) is 4.08. The predicted octanol–water partition coefficient (Wildman–Crippen LogP) is 2.03. The molecule has 0 aliphatic carbocycles. The van der Waals surface area contributed by atoms with E-state index in [4.69, 9.17) is 0 Å². The van der Waals surface area contributed by atoms with Crippen molar-refractivity contribution in [1.29, 1.82) is 0 Å². The first-order valence-corrected chi connectivity index (χ1v) is 6.84. The summed E-state index contributed by atoms with van der Waals surface area (Å²) < 4.78 is 0. The molecule has 5 nitrogen and oxygen atoms in total. The van der Waals surface area contributed by atoms with Crippen molar-refractivity contribution >= 4 is 17.8 Å². The van der Waals surface area contributed by atoms with Gasteiger partial charge in [-0.15, -0.1) is 0 Å². The highest BCUT2D eigenvalue weighted by atomic mass is 16.2. The van der Waals surface area contributed by atoms with Crippen molar-refractivity contribution in [2.45, 2.75) is 38.3 Å². The molecule has 4 amide bonds. The van der Waals surface area contributed by atoms with Crippen LogP contribution in [0, 0.1) is 0 Å². The second-order valence-corrected chi connectivity index (χ2v) is 5.37. The number of hydrogen-bond acceptors (Lipinski definition) is 3. The first-order chi connectivity index (χ1) is 9.59. The molecule has 2 aliphatic heterocycles. The van der Waals surface area contributed by atoms with Crippen molar-refractivity contribution in [2.24, 2.45) is 0 Å². The summed E-state index contributed by atoms with van der Waals surface area (Å²) in [5.74, 6) is -0.919. The summed E-state index contributed by atoms with van der Waals surface area (Å²) in [5, 5.41) is 0. The van der Waals surface area contributed by atoms with E-state index in [1.807, 2.05) is 6.92 Å². The van der Waals surface area contributed by atoms with E-state index in [9.17, 15) is 14.4 Å². The zero-order chi connectivity index (χ0) is 14.3. The Hall–Kier alpha value is -2.17. The average Bonchev–Trinajstić information content (AvgIpc) is 2.81. The van der Waals surface area contributed by atoms with E-state index in [1.165, 1.54) is 0 Å². The van der Waals surface area contributed by atoms with E-state index in [0.29, 0.717) is 5.56 Å². The van der Waals surface area contributed by atoms with Crippen molar-refractivity contribution < 1.29 is 14.4 Å². The number of nitrogens with zero attached hydrogens (tertiary/aromatic N) is 2. The SMILES string of the molecule is C[C@@H]1CC[C@H]2CC(=O)N(C(=O)c3ccccc3)C(=O)N21. The third kappa shape index (κ3) is 1.90. The molecule has 20 heavy (non-hydrogen) atoms. The maximum absolute atomic E-state index is 12.5. The van der Waals surface area contributed by atoms with Crippen LogP contribution in [-0.4, -0.2) is 39.7 Å². The zero-order valence-corrected chi connectivity index (χ0v) is 11.3. The maximum Gasteiger partial charge on any atom is 0.334 e. The van der Waals surface area contributed by atoms with Gasteiger partial charge in [-0.25, -0.2) is 4.79 Å². The average molecular weight is 272 g/mol. The lowest BCUT2D eigenvalue weighted by Gasteiger charge is -2.37. The van der Waals surface area contributed by atoms with Crippen LogP contribution in [0.25, 0.3) is 0 Å². The van der Waals surface area contributed by atoms with Gasteiger partial charge < -0.3 is 4.90 Å². The second-order valence-electron chi connectivity index (χ2n) is 5.37. The van der Waals surface area contributed by atoms with Crippen LogP contribution >= 0.6 is 0 Å². The van der Waals surface area contributed by atoms with Gasteiger partial charge in [-0.3, -0.25) is 9.59 Å². The summed E-state index contributed by atoms with van der Waals surface area (Å²) in [6.07, 6.45) is 1.97. The normalized spacial score (nSPS) is 25.9. The number of carbonyl (C=O) groups excluding carboxylic acids is 3. The number of hydrogen-bond donors (Lipinski definition) is 0. The molecule has 0 saturated carbocycles. The Balaban J connectivity index is 1.91. The van der Waals surface area contributed by atoms with Crippen molar-refractivity contribution in [1.82, 2.24) is 9.80 Å². The highest BCUT2D eigenvalue weighted by Crippen LogP contribution is 2.32. The Morgan fingerprint density at radius 3 is 2.55 bits per heavy atom. The molecule has 0 aromatic heterocycles. The molecule has 2 heterocycles. The fraction of sp³-hybridized carbons (Fsp3) is 0.400. The van der Waals surface area contributed by atoms with Crippen molar-refractivity contribution in [2.75, 3.05) is 0 Å².